The molecule has 19 heavy (non-hydrogen) atoms. The molecule has 3 nitrogen and oxygen atoms in total. The number of aromatic nitrogens is 2. The molecule has 0 saturated carbocycles. The zero-order chi connectivity index (χ0) is 14.0. The highest BCUT2D eigenvalue weighted by Crippen LogP contribution is 2.29. The molecule has 0 amide bonds. The van der Waals surface area contributed by atoms with E-state index in [2.05, 4.69) is 36.3 Å². The maximum atomic E-state index is 5.86. The van der Waals surface area contributed by atoms with Gasteiger partial charge in [-0.05, 0) is 56.5 Å². The van der Waals surface area contributed by atoms with Crippen molar-refractivity contribution >= 4 is 11.8 Å². The van der Waals surface area contributed by atoms with E-state index in [4.69, 9.17) is 5.73 Å². The van der Waals surface area contributed by atoms with Crippen LogP contribution in [0.3, 0.4) is 0 Å². The Morgan fingerprint density at radius 2 is 2.05 bits per heavy atom. The summed E-state index contributed by atoms with van der Waals surface area (Å²) in [5.41, 5.74) is 9.55. The largest absolute Gasteiger partial charge is 0.328 e. The van der Waals surface area contributed by atoms with Gasteiger partial charge in [-0.3, -0.25) is 4.68 Å². The SMILES string of the molecule is Cc1cc(Sc2ccc(CC(C)N)c(C)c2)n(C)n1. The summed E-state index contributed by atoms with van der Waals surface area (Å²) in [6.07, 6.45) is 0.932. The lowest BCUT2D eigenvalue weighted by Gasteiger charge is -2.10. The summed E-state index contributed by atoms with van der Waals surface area (Å²) < 4.78 is 1.92. The molecule has 102 valence electrons. The Hall–Kier alpha value is -1.26. The summed E-state index contributed by atoms with van der Waals surface area (Å²) >= 11 is 1.75. The molecular formula is C15H21N3S. The third-order valence-electron chi connectivity index (χ3n) is 3.04. The number of hydrogen-bond donors (Lipinski definition) is 1. The lowest BCUT2D eigenvalue weighted by molar-refractivity contribution is 0.692. The minimum absolute atomic E-state index is 0.205. The summed E-state index contributed by atoms with van der Waals surface area (Å²) in [6.45, 7) is 6.21. The van der Waals surface area contributed by atoms with Gasteiger partial charge in [0.1, 0.15) is 0 Å². The van der Waals surface area contributed by atoms with E-state index >= 15 is 0 Å². The second-order valence-electron chi connectivity index (χ2n) is 5.12. The molecule has 0 bridgehead atoms. The highest BCUT2D eigenvalue weighted by atomic mass is 32.2. The monoisotopic (exact) mass is 275 g/mol. The average molecular weight is 275 g/mol. The summed E-state index contributed by atoms with van der Waals surface area (Å²) in [4.78, 5) is 1.24. The smallest absolute Gasteiger partial charge is 0.0986 e. The molecule has 1 heterocycles. The van der Waals surface area contributed by atoms with Gasteiger partial charge in [-0.2, -0.15) is 5.10 Å². The summed E-state index contributed by atoms with van der Waals surface area (Å²) in [7, 11) is 1.98. The van der Waals surface area contributed by atoms with Crippen LogP contribution in [0.25, 0.3) is 0 Å². The highest BCUT2D eigenvalue weighted by molar-refractivity contribution is 7.99. The normalized spacial score (nSPS) is 12.7. The molecule has 1 atom stereocenters. The van der Waals surface area contributed by atoms with E-state index < -0.39 is 0 Å². The Kier molecular flexibility index (Phi) is 4.32. The number of nitrogens with zero attached hydrogens (tertiary/aromatic N) is 2. The van der Waals surface area contributed by atoms with Gasteiger partial charge in [-0.1, -0.05) is 17.8 Å². The van der Waals surface area contributed by atoms with Crippen LogP contribution in [0, 0.1) is 13.8 Å². The van der Waals surface area contributed by atoms with Crippen LogP contribution in [0.15, 0.2) is 34.2 Å². The third-order valence-corrected chi connectivity index (χ3v) is 4.12. The van der Waals surface area contributed by atoms with Gasteiger partial charge in [-0.15, -0.1) is 0 Å². The second-order valence-corrected chi connectivity index (χ2v) is 6.21. The Labute approximate surface area is 119 Å². The lowest BCUT2D eigenvalue weighted by atomic mass is 10.0. The van der Waals surface area contributed by atoms with Gasteiger partial charge in [0, 0.05) is 18.0 Å². The standard InChI is InChI=1S/C15H21N3S/c1-10-7-14(6-5-13(10)8-11(2)16)19-15-9-12(3)17-18(15)4/h5-7,9,11H,8,16H2,1-4H3. The predicted molar refractivity (Wildman–Crippen MR) is 80.6 cm³/mol. The molecule has 0 aliphatic heterocycles. The van der Waals surface area contributed by atoms with Crippen LogP contribution in [-0.2, 0) is 13.5 Å². The van der Waals surface area contributed by atoms with Crippen molar-refractivity contribution in [3.8, 4) is 0 Å². The fourth-order valence-electron chi connectivity index (χ4n) is 2.11. The molecule has 1 aromatic carbocycles. The number of nitrogens with two attached hydrogens (primary N) is 1. The first kappa shape index (κ1) is 14.2. The van der Waals surface area contributed by atoms with Gasteiger partial charge in [0.05, 0.1) is 10.7 Å². The molecule has 0 radical (unpaired) electrons. The van der Waals surface area contributed by atoms with Crippen LogP contribution in [0.4, 0.5) is 0 Å². The Morgan fingerprint density at radius 3 is 2.58 bits per heavy atom. The molecule has 1 unspecified atom stereocenters. The number of hydrogen-bond acceptors (Lipinski definition) is 3. The van der Waals surface area contributed by atoms with Crippen LogP contribution >= 0.6 is 11.8 Å². The van der Waals surface area contributed by atoms with E-state index in [1.807, 2.05) is 25.6 Å². The van der Waals surface area contributed by atoms with Crippen LogP contribution in [-0.4, -0.2) is 15.8 Å². The van der Waals surface area contributed by atoms with Gasteiger partial charge in [0.15, 0.2) is 0 Å². The van der Waals surface area contributed by atoms with Gasteiger partial charge >= 0.3 is 0 Å². The summed E-state index contributed by atoms with van der Waals surface area (Å²) in [5.74, 6) is 0. The molecule has 2 N–H and O–H groups in total. The minimum atomic E-state index is 0.205. The Morgan fingerprint density at radius 1 is 1.32 bits per heavy atom. The average Bonchev–Trinajstić information content (AvgIpc) is 2.61. The van der Waals surface area contributed by atoms with E-state index in [1.54, 1.807) is 11.8 Å². The third kappa shape index (κ3) is 3.61. The molecule has 2 aromatic rings. The van der Waals surface area contributed by atoms with Crippen molar-refractivity contribution in [1.82, 2.24) is 9.78 Å². The number of rotatable bonds is 4. The Bertz CT molecular complexity index is 573. The van der Waals surface area contributed by atoms with E-state index in [0.29, 0.717) is 0 Å². The van der Waals surface area contributed by atoms with Crippen molar-refractivity contribution in [1.29, 1.82) is 0 Å². The minimum Gasteiger partial charge on any atom is -0.328 e. The second kappa shape index (κ2) is 5.80. The van der Waals surface area contributed by atoms with E-state index in [0.717, 1.165) is 17.1 Å². The van der Waals surface area contributed by atoms with Crippen molar-refractivity contribution in [3.05, 3.63) is 41.1 Å². The molecule has 0 fully saturated rings. The first-order chi connectivity index (χ1) is 8.95. The molecular weight excluding hydrogens is 254 g/mol. The first-order valence-electron chi connectivity index (χ1n) is 6.49. The fraction of sp³-hybridized carbons (Fsp3) is 0.400. The van der Waals surface area contributed by atoms with Crippen LogP contribution in [0.2, 0.25) is 0 Å². The maximum absolute atomic E-state index is 5.86. The molecule has 0 saturated heterocycles. The molecule has 4 heteroatoms. The molecule has 0 spiro atoms. The van der Waals surface area contributed by atoms with Crippen molar-refractivity contribution < 1.29 is 0 Å². The van der Waals surface area contributed by atoms with Crippen LogP contribution in [0.1, 0.15) is 23.7 Å². The maximum Gasteiger partial charge on any atom is 0.0986 e. The van der Waals surface area contributed by atoms with Crippen molar-refractivity contribution in [2.45, 2.75) is 43.2 Å². The molecule has 0 aliphatic rings. The zero-order valence-electron chi connectivity index (χ0n) is 12.0. The number of aryl methyl sites for hydroxylation is 3. The van der Waals surface area contributed by atoms with Gasteiger partial charge in [0.25, 0.3) is 0 Å². The molecule has 1 aromatic heterocycles. The highest BCUT2D eigenvalue weighted by Gasteiger charge is 2.07. The molecule has 0 aliphatic carbocycles. The topological polar surface area (TPSA) is 43.8 Å². The van der Waals surface area contributed by atoms with E-state index in [-0.39, 0.29) is 6.04 Å². The fourth-order valence-corrected chi connectivity index (χ4v) is 3.13. The summed E-state index contributed by atoms with van der Waals surface area (Å²) in [5, 5.41) is 5.53. The number of benzene rings is 1. The van der Waals surface area contributed by atoms with Crippen molar-refractivity contribution in [2.24, 2.45) is 12.8 Å². The van der Waals surface area contributed by atoms with Crippen LogP contribution < -0.4 is 5.73 Å². The lowest BCUT2D eigenvalue weighted by Crippen LogP contribution is -2.18. The molecule has 2 rings (SSSR count). The Balaban J connectivity index is 2.18. The van der Waals surface area contributed by atoms with Gasteiger partial charge < -0.3 is 5.73 Å². The summed E-state index contributed by atoms with van der Waals surface area (Å²) in [6, 6.07) is 8.89. The van der Waals surface area contributed by atoms with Crippen molar-refractivity contribution in [2.75, 3.05) is 0 Å². The zero-order valence-corrected chi connectivity index (χ0v) is 12.8. The quantitative estimate of drug-likeness (QED) is 0.932. The van der Waals surface area contributed by atoms with Gasteiger partial charge in [0.2, 0.25) is 0 Å². The van der Waals surface area contributed by atoms with Gasteiger partial charge in [-0.25, -0.2) is 0 Å². The first-order valence-corrected chi connectivity index (χ1v) is 7.31. The van der Waals surface area contributed by atoms with E-state index in [1.165, 1.54) is 16.0 Å². The van der Waals surface area contributed by atoms with Crippen molar-refractivity contribution in [3.63, 3.8) is 0 Å². The predicted octanol–water partition coefficient (Wildman–Crippen LogP) is 3.08. The van der Waals surface area contributed by atoms with Crippen LogP contribution in [0.5, 0.6) is 0 Å². The van der Waals surface area contributed by atoms with E-state index in [9.17, 15) is 0 Å².